The molecular weight excluding hydrogens is 454 g/mol. The van der Waals surface area contributed by atoms with Crippen molar-refractivity contribution in [3.05, 3.63) is 48.1 Å². The molecule has 0 bridgehead atoms. The Labute approximate surface area is 212 Å². The molecule has 9 heteroatoms. The van der Waals surface area contributed by atoms with Crippen molar-refractivity contribution in [3.63, 3.8) is 0 Å². The van der Waals surface area contributed by atoms with Gasteiger partial charge in [0.05, 0.1) is 11.4 Å². The summed E-state index contributed by atoms with van der Waals surface area (Å²) < 4.78 is 5.80. The van der Waals surface area contributed by atoms with Crippen LogP contribution in [0.25, 0.3) is 5.57 Å². The molecule has 9 nitrogen and oxygen atoms in total. The van der Waals surface area contributed by atoms with Gasteiger partial charge in [0.25, 0.3) is 0 Å². The maximum Gasteiger partial charge on any atom is 0.223 e. The number of piperazine rings is 1. The second kappa shape index (κ2) is 11.4. The summed E-state index contributed by atoms with van der Waals surface area (Å²) in [6.07, 6.45) is 9.49. The predicted molar refractivity (Wildman–Crippen MR) is 138 cm³/mol. The number of para-hydroxylation sites is 2. The normalized spacial score (nSPS) is 19.6. The summed E-state index contributed by atoms with van der Waals surface area (Å²) in [5, 5.41) is 16.1. The van der Waals surface area contributed by atoms with Crippen molar-refractivity contribution in [1.82, 2.24) is 19.8 Å². The average Bonchev–Trinajstić information content (AvgIpc) is 3.36. The second-order valence-electron chi connectivity index (χ2n) is 9.54. The molecule has 0 unspecified atom stereocenters. The van der Waals surface area contributed by atoms with Gasteiger partial charge in [-0.05, 0) is 37.5 Å². The van der Waals surface area contributed by atoms with Gasteiger partial charge >= 0.3 is 0 Å². The summed E-state index contributed by atoms with van der Waals surface area (Å²) in [6.45, 7) is 4.24. The van der Waals surface area contributed by atoms with Gasteiger partial charge in [-0.3, -0.25) is 9.69 Å². The van der Waals surface area contributed by atoms with E-state index in [1.807, 2.05) is 29.2 Å². The molecule has 1 amide bonds. The maximum atomic E-state index is 12.7. The molecule has 1 saturated heterocycles. The number of fused-ring (bicyclic) bond motifs is 1. The Balaban J connectivity index is 1.08. The number of hydrogen-bond donors (Lipinski definition) is 2. The minimum Gasteiger partial charge on any atom is -0.437 e. The Morgan fingerprint density at radius 2 is 1.94 bits per heavy atom. The van der Waals surface area contributed by atoms with E-state index in [1.165, 1.54) is 32.1 Å². The van der Waals surface area contributed by atoms with Crippen LogP contribution in [-0.2, 0) is 4.79 Å². The van der Waals surface area contributed by atoms with Crippen LogP contribution in [0.15, 0.2) is 42.4 Å². The van der Waals surface area contributed by atoms with Gasteiger partial charge in [-0.15, -0.1) is 0 Å². The number of allylic oxidation sites excluding steroid dienone is 1. The number of benzene rings is 1. The predicted octanol–water partition coefficient (Wildman–Crippen LogP) is 3.84. The molecule has 1 aromatic carbocycles. The minimum atomic E-state index is 0.218. The topological polar surface area (TPSA) is 106 Å². The van der Waals surface area contributed by atoms with E-state index in [-0.39, 0.29) is 5.91 Å². The number of aromatic nitrogens is 2. The fraction of sp³-hybridized carbons (Fsp3) is 0.481. The van der Waals surface area contributed by atoms with Crippen molar-refractivity contribution in [3.8, 4) is 11.8 Å². The lowest BCUT2D eigenvalue weighted by molar-refractivity contribution is -0.133. The number of hydrogen-bond acceptors (Lipinski definition) is 8. The third kappa shape index (κ3) is 5.60. The molecule has 2 aliphatic heterocycles. The fourth-order valence-corrected chi connectivity index (χ4v) is 5.22. The first-order valence-electron chi connectivity index (χ1n) is 13.0. The molecule has 2 N–H and O–H groups in total. The van der Waals surface area contributed by atoms with Gasteiger partial charge in [-0.25, -0.2) is 9.97 Å². The molecule has 0 radical (unpaired) electrons. The number of ether oxygens (including phenoxy) is 1. The van der Waals surface area contributed by atoms with E-state index in [9.17, 15) is 10.1 Å². The number of nitrogens with zero attached hydrogens (tertiary/aromatic N) is 5. The zero-order chi connectivity index (χ0) is 24.7. The fourth-order valence-electron chi connectivity index (χ4n) is 5.22. The number of carbonyl (C=O) groups excluding carboxylic acids is 1. The average molecular weight is 488 g/mol. The summed E-state index contributed by atoms with van der Waals surface area (Å²) in [6, 6.07) is 12.1. The molecule has 5 rings (SSSR count). The number of carbonyl (C=O) groups is 1. The van der Waals surface area contributed by atoms with Gasteiger partial charge in [0.2, 0.25) is 17.7 Å². The van der Waals surface area contributed by atoms with Crippen LogP contribution in [0.5, 0.6) is 5.75 Å². The van der Waals surface area contributed by atoms with Crippen molar-refractivity contribution in [1.29, 1.82) is 5.26 Å². The van der Waals surface area contributed by atoms with E-state index in [1.54, 1.807) is 12.3 Å². The third-order valence-electron chi connectivity index (χ3n) is 7.21. The first kappa shape index (κ1) is 24.1. The van der Waals surface area contributed by atoms with Gasteiger partial charge in [0.1, 0.15) is 11.6 Å². The van der Waals surface area contributed by atoms with Gasteiger partial charge in [-0.2, -0.15) is 5.26 Å². The second-order valence-corrected chi connectivity index (χ2v) is 9.54. The van der Waals surface area contributed by atoms with Crippen molar-refractivity contribution >= 4 is 23.1 Å². The van der Waals surface area contributed by atoms with Gasteiger partial charge in [0, 0.05) is 51.4 Å². The molecule has 188 valence electrons. The number of nitriles is 1. The zero-order valence-corrected chi connectivity index (χ0v) is 20.6. The van der Waals surface area contributed by atoms with Crippen LogP contribution < -0.4 is 15.4 Å². The molecule has 3 aliphatic rings. The standard InChI is InChI=1S/C27H33N7O2/c28-19-21(26-31-23-9-4-5-10-24(23)36-26)22-12-14-30-27(32-22)29-13-6-11-25(35)34-17-15-33(16-18-34)20-7-2-1-3-8-20/h4-5,9-10,12,14,20,31H,1-3,6-8,11,13,15-18H2,(H,29,30,32)/b26-21+. The molecule has 1 aliphatic carbocycles. The van der Waals surface area contributed by atoms with Crippen molar-refractivity contribution in [2.24, 2.45) is 0 Å². The summed E-state index contributed by atoms with van der Waals surface area (Å²) in [7, 11) is 0. The zero-order valence-electron chi connectivity index (χ0n) is 20.6. The largest absolute Gasteiger partial charge is 0.437 e. The first-order chi connectivity index (χ1) is 17.7. The van der Waals surface area contributed by atoms with Crippen LogP contribution in [0.2, 0.25) is 0 Å². The SMILES string of the molecule is N#C/C(=C1/Nc2ccccc2O1)c1ccnc(NCCCC(=O)N2CCN(C3CCCCC3)CC2)n1. The lowest BCUT2D eigenvalue weighted by Crippen LogP contribution is -2.52. The van der Waals surface area contributed by atoms with E-state index >= 15 is 0 Å². The Morgan fingerprint density at radius 3 is 2.72 bits per heavy atom. The summed E-state index contributed by atoms with van der Waals surface area (Å²) >= 11 is 0. The van der Waals surface area contributed by atoms with Crippen LogP contribution in [0.1, 0.15) is 50.6 Å². The lowest BCUT2D eigenvalue weighted by atomic mass is 9.94. The van der Waals surface area contributed by atoms with Gasteiger partial charge in [-0.1, -0.05) is 31.4 Å². The van der Waals surface area contributed by atoms with Crippen molar-refractivity contribution in [2.75, 3.05) is 43.4 Å². The van der Waals surface area contributed by atoms with E-state index in [2.05, 4.69) is 31.6 Å². The number of nitrogens with one attached hydrogen (secondary N) is 2. The number of rotatable bonds is 7. The lowest BCUT2D eigenvalue weighted by Gasteiger charge is -2.40. The highest BCUT2D eigenvalue weighted by atomic mass is 16.5. The molecule has 3 heterocycles. The third-order valence-corrected chi connectivity index (χ3v) is 7.21. The van der Waals surface area contributed by atoms with Gasteiger partial charge < -0.3 is 20.3 Å². The summed E-state index contributed by atoms with van der Waals surface area (Å²) in [4.78, 5) is 26.0. The monoisotopic (exact) mass is 487 g/mol. The molecular formula is C27H33N7O2. The Morgan fingerprint density at radius 1 is 1.14 bits per heavy atom. The Hall–Kier alpha value is -3.64. The van der Waals surface area contributed by atoms with Crippen LogP contribution >= 0.6 is 0 Å². The molecule has 1 aromatic heterocycles. The van der Waals surface area contributed by atoms with E-state index in [4.69, 9.17) is 4.74 Å². The van der Waals surface area contributed by atoms with E-state index in [0.29, 0.717) is 48.2 Å². The maximum absolute atomic E-state index is 12.7. The quantitative estimate of drug-likeness (QED) is 0.448. The van der Waals surface area contributed by atoms with Crippen LogP contribution in [0.3, 0.4) is 0 Å². The molecule has 0 atom stereocenters. The highest BCUT2D eigenvalue weighted by Gasteiger charge is 2.27. The van der Waals surface area contributed by atoms with Crippen LogP contribution in [0.4, 0.5) is 11.6 Å². The summed E-state index contributed by atoms with van der Waals surface area (Å²) in [5.74, 6) is 1.67. The molecule has 2 aromatic rings. The van der Waals surface area contributed by atoms with Crippen LogP contribution in [0, 0.1) is 11.3 Å². The summed E-state index contributed by atoms with van der Waals surface area (Å²) in [5.41, 5.74) is 1.59. The molecule has 36 heavy (non-hydrogen) atoms. The highest BCUT2D eigenvalue weighted by molar-refractivity contribution is 5.81. The minimum absolute atomic E-state index is 0.218. The van der Waals surface area contributed by atoms with Gasteiger partial charge in [0.15, 0.2) is 5.75 Å². The Kier molecular flexibility index (Phi) is 7.62. The Bertz CT molecular complexity index is 1120. The molecule has 2 fully saturated rings. The molecule has 1 saturated carbocycles. The molecule has 0 spiro atoms. The van der Waals surface area contributed by atoms with Crippen molar-refractivity contribution in [2.45, 2.75) is 51.0 Å². The van der Waals surface area contributed by atoms with Crippen LogP contribution in [-0.4, -0.2) is 64.4 Å². The smallest absolute Gasteiger partial charge is 0.223 e. The van der Waals surface area contributed by atoms with E-state index in [0.717, 1.165) is 37.9 Å². The van der Waals surface area contributed by atoms with Crippen molar-refractivity contribution < 1.29 is 9.53 Å². The van der Waals surface area contributed by atoms with E-state index < -0.39 is 0 Å². The number of anilines is 2. The number of amides is 1. The highest BCUT2D eigenvalue weighted by Crippen LogP contribution is 2.35. The first-order valence-corrected chi connectivity index (χ1v) is 13.0.